The molecule has 1 aliphatic heterocycles. The van der Waals surface area contributed by atoms with Gasteiger partial charge in [-0.05, 0) is 12.3 Å². The van der Waals surface area contributed by atoms with Crippen molar-refractivity contribution in [1.29, 1.82) is 0 Å². The number of carbonyl (C=O) groups is 1. The van der Waals surface area contributed by atoms with Gasteiger partial charge >= 0.3 is 5.97 Å². The van der Waals surface area contributed by atoms with E-state index >= 15 is 0 Å². The molecule has 2 rings (SSSR count). The molecule has 1 N–H and O–H groups in total. The third-order valence-electron chi connectivity index (χ3n) is 4.08. The van der Waals surface area contributed by atoms with Gasteiger partial charge in [-0.3, -0.25) is 9.69 Å². The number of rotatable bonds is 5. The van der Waals surface area contributed by atoms with Gasteiger partial charge in [-0.2, -0.15) is 0 Å². The van der Waals surface area contributed by atoms with Crippen LogP contribution < -0.4 is 5.32 Å². The lowest BCUT2D eigenvalue weighted by Crippen LogP contribution is -2.45. The molecule has 104 valence electrons. The predicted molar refractivity (Wildman–Crippen MR) is 71.5 cm³/mol. The van der Waals surface area contributed by atoms with Crippen LogP contribution in [0.5, 0.6) is 0 Å². The number of carbonyl (C=O) groups excluding carboxylic acids is 1. The van der Waals surface area contributed by atoms with Crippen molar-refractivity contribution >= 4 is 5.97 Å². The summed E-state index contributed by atoms with van der Waals surface area (Å²) in [7, 11) is 0. The Balaban J connectivity index is 1.53. The Bertz CT molecular complexity index is 246. The van der Waals surface area contributed by atoms with Gasteiger partial charge in [0.25, 0.3) is 0 Å². The van der Waals surface area contributed by atoms with Gasteiger partial charge in [-0.25, -0.2) is 0 Å². The largest absolute Gasteiger partial charge is 0.465 e. The summed E-state index contributed by atoms with van der Waals surface area (Å²) in [6.07, 6.45) is 7.83. The van der Waals surface area contributed by atoms with Crippen LogP contribution in [0.1, 0.15) is 38.5 Å². The van der Waals surface area contributed by atoms with E-state index < -0.39 is 0 Å². The molecule has 0 aromatic rings. The van der Waals surface area contributed by atoms with Crippen LogP contribution in [-0.4, -0.2) is 50.2 Å². The first-order valence-corrected chi connectivity index (χ1v) is 7.43. The monoisotopic (exact) mass is 254 g/mol. The number of nitrogens with zero attached hydrogens (tertiary/aromatic N) is 1. The van der Waals surface area contributed by atoms with Gasteiger partial charge in [0.1, 0.15) is 0 Å². The summed E-state index contributed by atoms with van der Waals surface area (Å²) in [5, 5.41) is 3.28. The second kappa shape index (κ2) is 7.74. The van der Waals surface area contributed by atoms with Gasteiger partial charge in [0, 0.05) is 26.2 Å². The zero-order chi connectivity index (χ0) is 12.6. The SMILES string of the molecule is O=C(CN1CCNCC1)OCCC1CCCCC1. The van der Waals surface area contributed by atoms with Crippen LogP contribution in [0.15, 0.2) is 0 Å². The molecule has 1 saturated heterocycles. The van der Waals surface area contributed by atoms with E-state index in [0.717, 1.165) is 38.5 Å². The van der Waals surface area contributed by atoms with Gasteiger partial charge in [-0.1, -0.05) is 32.1 Å². The second-order valence-corrected chi connectivity index (χ2v) is 5.54. The van der Waals surface area contributed by atoms with E-state index in [1.54, 1.807) is 0 Å². The Morgan fingerprint density at radius 1 is 1.17 bits per heavy atom. The van der Waals surface area contributed by atoms with E-state index in [2.05, 4.69) is 10.2 Å². The fraction of sp³-hybridized carbons (Fsp3) is 0.929. The molecule has 0 amide bonds. The Kier molecular flexibility index (Phi) is 5.94. The first-order chi connectivity index (χ1) is 8.84. The molecule has 0 aromatic heterocycles. The maximum atomic E-state index is 11.7. The van der Waals surface area contributed by atoms with Gasteiger partial charge < -0.3 is 10.1 Å². The molecule has 2 fully saturated rings. The molecule has 0 bridgehead atoms. The molecule has 0 radical (unpaired) electrons. The summed E-state index contributed by atoms with van der Waals surface area (Å²) >= 11 is 0. The molecule has 0 unspecified atom stereocenters. The smallest absolute Gasteiger partial charge is 0.320 e. The van der Waals surface area contributed by atoms with Crippen LogP contribution in [0.25, 0.3) is 0 Å². The average molecular weight is 254 g/mol. The minimum Gasteiger partial charge on any atom is -0.465 e. The molecule has 1 saturated carbocycles. The lowest BCUT2D eigenvalue weighted by molar-refractivity contribution is -0.145. The molecule has 1 heterocycles. The van der Waals surface area contributed by atoms with Crippen molar-refractivity contribution in [3.05, 3.63) is 0 Å². The molecule has 0 atom stereocenters. The summed E-state index contributed by atoms with van der Waals surface area (Å²) in [5.74, 6) is 0.749. The quantitative estimate of drug-likeness (QED) is 0.753. The zero-order valence-corrected chi connectivity index (χ0v) is 11.3. The van der Waals surface area contributed by atoms with Crippen molar-refractivity contribution in [2.45, 2.75) is 38.5 Å². The fourth-order valence-corrected chi connectivity index (χ4v) is 2.91. The summed E-state index contributed by atoms with van der Waals surface area (Å²) in [5.41, 5.74) is 0. The van der Waals surface area contributed by atoms with Crippen molar-refractivity contribution in [1.82, 2.24) is 10.2 Å². The highest BCUT2D eigenvalue weighted by molar-refractivity contribution is 5.71. The maximum absolute atomic E-state index is 11.7. The highest BCUT2D eigenvalue weighted by Gasteiger charge is 2.16. The third kappa shape index (κ3) is 4.94. The van der Waals surface area contributed by atoms with Crippen molar-refractivity contribution in [3.63, 3.8) is 0 Å². The maximum Gasteiger partial charge on any atom is 0.320 e. The number of ether oxygens (including phenoxy) is 1. The van der Waals surface area contributed by atoms with Crippen molar-refractivity contribution in [3.8, 4) is 0 Å². The molecular weight excluding hydrogens is 228 g/mol. The second-order valence-electron chi connectivity index (χ2n) is 5.54. The molecular formula is C14H26N2O2. The van der Waals surface area contributed by atoms with E-state index in [0.29, 0.717) is 13.2 Å². The first kappa shape index (κ1) is 13.8. The number of piperazine rings is 1. The third-order valence-corrected chi connectivity index (χ3v) is 4.08. The molecule has 4 nitrogen and oxygen atoms in total. The Hall–Kier alpha value is -0.610. The lowest BCUT2D eigenvalue weighted by atomic mass is 9.87. The topological polar surface area (TPSA) is 41.6 Å². The van der Waals surface area contributed by atoms with Crippen LogP contribution in [0.3, 0.4) is 0 Å². The summed E-state index contributed by atoms with van der Waals surface area (Å²) in [4.78, 5) is 13.8. The summed E-state index contributed by atoms with van der Waals surface area (Å²) in [6, 6.07) is 0. The highest BCUT2D eigenvalue weighted by atomic mass is 16.5. The van der Waals surface area contributed by atoms with E-state index in [1.165, 1.54) is 32.1 Å². The Labute approximate surface area is 110 Å². The minimum absolute atomic E-state index is 0.0484. The summed E-state index contributed by atoms with van der Waals surface area (Å²) in [6.45, 7) is 4.96. The van der Waals surface area contributed by atoms with E-state index in [-0.39, 0.29) is 5.97 Å². The normalized spacial score (nSPS) is 22.9. The molecule has 18 heavy (non-hydrogen) atoms. The van der Waals surface area contributed by atoms with Crippen LogP contribution in [0.4, 0.5) is 0 Å². The van der Waals surface area contributed by atoms with Gasteiger partial charge in [0.15, 0.2) is 0 Å². The van der Waals surface area contributed by atoms with Crippen LogP contribution in [-0.2, 0) is 9.53 Å². The molecule has 0 spiro atoms. The van der Waals surface area contributed by atoms with Gasteiger partial charge in [0.2, 0.25) is 0 Å². The van der Waals surface area contributed by atoms with Crippen LogP contribution >= 0.6 is 0 Å². The lowest BCUT2D eigenvalue weighted by Gasteiger charge is -2.26. The molecule has 4 heteroatoms. The van der Waals surface area contributed by atoms with Crippen molar-refractivity contribution in [2.75, 3.05) is 39.3 Å². The molecule has 1 aliphatic carbocycles. The van der Waals surface area contributed by atoms with E-state index in [4.69, 9.17) is 4.74 Å². The Morgan fingerprint density at radius 3 is 2.61 bits per heavy atom. The summed E-state index contributed by atoms with van der Waals surface area (Å²) < 4.78 is 5.35. The van der Waals surface area contributed by atoms with Crippen LogP contribution in [0, 0.1) is 5.92 Å². The highest BCUT2D eigenvalue weighted by Crippen LogP contribution is 2.26. The fourth-order valence-electron chi connectivity index (χ4n) is 2.91. The Morgan fingerprint density at radius 2 is 1.89 bits per heavy atom. The molecule has 0 aromatic carbocycles. The van der Waals surface area contributed by atoms with Crippen molar-refractivity contribution < 1.29 is 9.53 Å². The number of esters is 1. The van der Waals surface area contributed by atoms with Crippen LogP contribution in [0.2, 0.25) is 0 Å². The average Bonchev–Trinajstić information content (AvgIpc) is 2.41. The zero-order valence-electron chi connectivity index (χ0n) is 11.3. The van der Waals surface area contributed by atoms with Gasteiger partial charge in [0.05, 0.1) is 13.2 Å². The predicted octanol–water partition coefficient (Wildman–Crippen LogP) is 1.41. The number of nitrogens with one attached hydrogen (secondary N) is 1. The van der Waals surface area contributed by atoms with Crippen molar-refractivity contribution in [2.24, 2.45) is 5.92 Å². The standard InChI is InChI=1S/C14H26N2O2/c17-14(12-16-9-7-15-8-10-16)18-11-6-13-4-2-1-3-5-13/h13,15H,1-12H2. The van der Waals surface area contributed by atoms with E-state index in [1.807, 2.05) is 0 Å². The first-order valence-electron chi connectivity index (χ1n) is 7.43. The minimum atomic E-state index is -0.0484. The molecule has 2 aliphatic rings. The number of hydrogen-bond donors (Lipinski definition) is 1. The number of hydrogen-bond acceptors (Lipinski definition) is 4. The van der Waals surface area contributed by atoms with E-state index in [9.17, 15) is 4.79 Å². The van der Waals surface area contributed by atoms with Gasteiger partial charge in [-0.15, -0.1) is 0 Å².